The zero-order valence-electron chi connectivity index (χ0n) is 25.0. The highest BCUT2D eigenvalue weighted by Crippen LogP contribution is 2.46. The van der Waals surface area contributed by atoms with Crippen LogP contribution in [-0.4, -0.2) is 60.2 Å². The van der Waals surface area contributed by atoms with Gasteiger partial charge in [-0.15, -0.1) is 11.3 Å². The molecule has 2 aromatic heterocycles. The number of hydrogen-bond donors (Lipinski definition) is 2. The maximum absolute atomic E-state index is 13.7. The van der Waals surface area contributed by atoms with Crippen LogP contribution < -0.4 is 10.1 Å². The summed E-state index contributed by atoms with van der Waals surface area (Å²) >= 11 is 1.41. The molecule has 2 aliphatic heterocycles. The number of benzene rings is 2. The highest BCUT2D eigenvalue weighted by Gasteiger charge is 2.51. The summed E-state index contributed by atoms with van der Waals surface area (Å²) in [4.78, 5) is 33.1. The van der Waals surface area contributed by atoms with Crippen molar-refractivity contribution in [2.24, 2.45) is 0 Å². The normalized spacial score (nSPS) is 20.2. The van der Waals surface area contributed by atoms with E-state index in [1.165, 1.54) is 23.5 Å². The number of carbonyl (C=O) groups excluding carboxylic acids is 2. The van der Waals surface area contributed by atoms with E-state index < -0.39 is 26.7 Å². The molecule has 0 aliphatic carbocycles. The summed E-state index contributed by atoms with van der Waals surface area (Å²) in [6.45, 7) is 6.76. The Bertz CT molecular complexity index is 1840. The molecule has 2 N–H and O–H groups in total. The third-order valence-electron chi connectivity index (χ3n) is 8.23. The van der Waals surface area contributed by atoms with E-state index in [1.54, 1.807) is 40.0 Å². The zero-order chi connectivity index (χ0) is 31.4. The molecule has 232 valence electrons. The Morgan fingerprint density at radius 3 is 2.57 bits per heavy atom. The Hall–Kier alpha value is -3.74. The van der Waals surface area contributed by atoms with Crippen LogP contribution in [0.1, 0.15) is 69.9 Å². The van der Waals surface area contributed by atoms with Gasteiger partial charge in [0, 0.05) is 40.3 Å². The average molecular weight is 639 g/mol. The topological polar surface area (TPSA) is 112 Å². The van der Waals surface area contributed by atoms with Crippen LogP contribution in [0.25, 0.3) is 10.9 Å². The largest absolute Gasteiger partial charge is 0.497 e. The number of amides is 2. The van der Waals surface area contributed by atoms with Crippen LogP contribution in [-0.2, 0) is 27.8 Å². The van der Waals surface area contributed by atoms with Crippen molar-refractivity contribution < 1.29 is 27.1 Å². The van der Waals surface area contributed by atoms with E-state index in [4.69, 9.17) is 4.74 Å². The van der Waals surface area contributed by atoms with E-state index in [2.05, 4.69) is 15.2 Å². The van der Waals surface area contributed by atoms with Crippen molar-refractivity contribution >= 4 is 44.1 Å². The molecule has 0 spiro atoms. The van der Waals surface area contributed by atoms with Gasteiger partial charge in [-0.2, -0.15) is 0 Å². The zero-order valence-corrected chi connectivity index (χ0v) is 26.6. The van der Waals surface area contributed by atoms with Gasteiger partial charge in [0.05, 0.1) is 25.1 Å². The van der Waals surface area contributed by atoms with Crippen LogP contribution in [0.4, 0.5) is 4.39 Å². The molecular weight excluding hydrogens is 604 g/mol. The van der Waals surface area contributed by atoms with E-state index in [9.17, 15) is 22.4 Å². The second-order valence-corrected chi connectivity index (χ2v) is 15.4. The minimum atomic E-state index is -3.88. The highest BCUT2D eigenvalue weighted by atomic mass is 32.2. The van der Waals surface area contributed by atoms with E-state index in [-0.39, 0.29) is 30.7 Å². The number of methoxy groups -OCH3 is 1. The van der Waals surface area contributed by atoms with Crippen molar-refractivity contribution in [2.75, 3.05) is 20.2 Å². The molecule has 2 atom stereocenters. The monoisotopic (exact) mass is 638 g/mol. The summed E-state index contributed by atoms with van der Waals surface area (Å²) in [5.74, 6) is -0.328. The molecule has 12 heteroatoms. The summed E-state index contributed by atoms with van der Waals surface area (Å²) < 4.78 is 47.2. The average Bonchev–Trinajstić information content (AvgIpc) is 3.64. The number of hydrogen-bond acceptors (Lipinski definition) is 7. The molecule has 0 bridgehead atoms. The molecular formula is C32H35FN4O5S2. The van der Waals surface area contributed by atoms with Gasteiger partial charge >= 0.3 is 0 Å². The number of thiophene rings is 1. The van der Waals surface area contributed by atoms with Crippen molar-refractivity contribution in [3.63, 3.8) is 0 Å². The molecule has 44 heavy (non-hydrogen) atoms. The van der Waals surface area contributed by atoms with Crippen LogP contribution >= 0.6 is 11.3 Å². The second-order valence-electron chi connectivity index (χ2n) is 12.3. The van der Waals surface area contributed by atoms with Gasteiger partial charge in [0.2, 0.25) is 15.9 Å². The van der Waals surface area contributed by atoms with Crippen molar-refractivity contribution in [1.82, 2.24) is 19.5 Å². The lowest BCUT2D eigenvalue weighted by molar-refractivity contribution is -0.128. The van der Waals surface area contributed by atoms with Gasteiger partial charge in [-0.3, -0.25) is 14.5 Å². The fourth-order valence-corrected chi connectivity index (χ4v) is 10.1. The first-order valence-electron chi connectivity index (χ1n) is 14.5. The number of halogens is 1. The Balaban J connectivity index is 1.30. The predicted octanol–water partition coefficient (Wildman–Crippen LogP) is 5.31. The summed E-state index contributed by atoms with van der Waals surface area (Å²) in [6, 6.07) is 15.5. The Morgan fingerprint density at radius 1 is 1.14 bits per heavy atom. The maximum Gasteiger partial charge on any atom is 0.267 e. The summed E-state index contributed by atoms with van der Waals surface area (Å²) in [7, 11) is -2.26. The minimum absolute atomic E-state index is 0.0864. The van der Waals surface area contributed by atoms with Gasteiger partial charge in [-0.1, -0.05) is 12.1 Å². The summed E-state index contributed by atoms with van der Waals surface area (Å²) in [5.41, 5.74) is 2.25. The molecule has 0 radical (unpaired) electrons. The lowest BCUT2D eigenvalue weighted by Crippen LogP contribution is -2.45. The number of nitrogens with zero attached hydrogens (tertiary/aromatic N) is 2. The molecule has 6 rings (SSSR count). The number of aromatic nitrogens is 1. The molecule has 2 amide bonds. The van der Waals surface area contributed by atoms with Crippen LogP contribution in [0, 0.1) is 5.82 Å². The quantitative estimate of drug-likeness (QED) is 0.284. The summed E-state index contributed by atoms with van der Waals surface area (Å²) in [6.07, 6.45) is 0.626. The number of fused-ring (bicyclic) bond motifs is 2. The highest BCUT2D eigenvalue weighted by molar-refractivity contribution is 7.90. The molecule has 1 fully saturated rings. The van der Waals surface area contributed by atoms with Gasteiger partial charge in [0.15, 0.2) is 0 Å². The molecule has 9 nitrogen and oxygen atoms in total. The molecule has 1 saturated heterocycles. The standard InChI is InChI=1S/C32H35FN4O5S2/c1-32(2,3)37-29(38)16-28(44(37,40)41)27-15-20-11-12-36(18-19-5-8-23(42-4)9-6-19)26(30(20)43-27)17-34-31(39)25-14-21-13-22(33)7-10-24(21)35-25/h5-10,13-15,26,28,35H,11-12,16-18H2,1-4H3,(H,34,39). The van der Waals surface area contributed by atoms with Crippen molar-refractivity contribution in [3.05, 3.63) is 87.0 Å². The van der Waals surface area contributed by atoms with Crippen LogP contribution in [0.5, 0.6) is 5.75 Å². The molecule has 2 aromatic carbocycles. The Labute approximate surface area is 260 Å². The van der Waals surface area contributed by atoms with Crippen molar-refractivity contribution in [2.45, 2.75) is 57.0 Å². The Kier molecular flexibility index (Phi) is 7.79. The van der Waals surface area contributed by atoms with Crippen LogP contribution in [0.15, 0.2) is 54.6 Å². The fraction of sp³-hybridized carbons (Fsp3) is 0.375. The fourth-order valence-electron chi connectivity index (χ4n) is 6.19. The first-order chi connectivity index (χ1) is 20.8. The number of H-pyrrole nitrogens is 1. The van der Waals surface area contributed by atoms with Crippen LogP contribution in [0.3, 0.4) is 0 Å². The Morgan fingerprint density at radius 2 is 1.89 bits per heavy atom. The SMILES string of the molecule is COc1ccc(CN2CCc3cc(C4CC(=O)N(C(C)(C)C)S4(=O)=O)sc3C2CNC(=O)c2cc3cc(F)ccc3[nH]2)cc1. The van der Waals surface area contributed by atoms with E-state index in [0.717, 1.165) is 26.1 Å². The van der Waals surface area contributed by atoms with Gasteiger partial charge < -0.3 is 15.0 Å². The lowest BCUT2D eigenvalue weighted by Gasteiger charge is -2.36. The maximum atomic E-state index is 13.7. The molecule has 2 unspecified atom stereocenters. The number of rotatable bonds is 7. The number of sulfonamides is 1. The van der Waals surface area contributed by atoms with Gasteiger partial charge in [0.25, 0.3) is 5.91 Å². The molecule has 4 aromatic rings. The number of carbonyl (C=O) groups is 2. The number of aromatic amines is 1. The third-order valence-corrected chi connectivity index (χ3v) is 12.2. The predicted molar refractivity (Wildman–Crippen MR) is 168 cm³/mol. The van der Waals surface area contributed by atoms with Crippen LogP contribution in [0.2, 0.25) is 0 Å². The minimum Gasteiger partial charge on any atom is -0.497 e. The van der Waals surface area contributed by atoms with Gasteiger partial charge in [-0.25, -0.2) is 17.1 Å². The number of nitrogens with one attached hydrogen (secondary N) is 2. The smallest absolute Gasteiger partial charge is 0.267 e. The van der Waals surface area contributed by atoms with Gasteiger partial charge in [-0.05, 0) is 80.8 Å². The molecule has 2 aliphatic rings. The lowest BCUT2D eigenvalue weighted by atomic mass is 9.99. The van der Waals surface area contributed by atoms with E-state index in [0.29, 0.717) is 41.0 Å². The second kappa shape index (κ2) is 11.3. The molecule has 0 saturated carbocycles. The first-order valence-corrected chi connectivity index (χ1v) is 16.8. The summed E-state index contributed by atoms with van der Waals surface area (Å²) in [5, 5.41) is 2.73. The van der Waals surface area contributed by atoms with Crippen molar-refractivity contribution in [1.29, 1.82) is 0 Å². The third kappa shape index (κ3) is 5.62. The number of ether oxygens (including phenoxy) is 1. The van der Waals surface area contributed by atoms with E-state index in [1.807, 2.05) is 30.3 Å². The van der Waals surface area contributed by atoms with Crippen molar-refractivity contribution in [3.8, 4) is 5.75 Å². The van der Waals surface area contributed by atoms with Gasteiger partial charge in [0.1, 0.15) is 22.5 Å². The molecule has 4 heterocycles. The first kappa shape index (κ1) is 30.3. The van der Waals surface area contributed by atoms with E-state index >= 15 is 0 Å².